The monoisotopic (exact) mass is 320 g/mol. The van der Waals surface area contributed by atoms with Crippen LogP contribution in [0.4, 0.5) is 14.5 Å². The van der Waals surface area contributed by atoms with Crippen molar-refractivity contribution in [2.24, 2.45) is 7.05 Å². The second kappa shape index (κ2) is 5.24. The molecule has 0 amide bonds. The molecular weight excluding hydrogens is 314 g/mol. The normalized spacial score (nSPS) is 10.7. The Kier molecular flexibility index (Phi) is 3.39. The van der Waals surface area contributed by atoms with E-state index in [0.29, 0.717) is 11.2 Å². The van der Waals surface area contributed by atoms with Crippen LogP contribution in [0.2, 0.25) is 5.02 Å². The van der Waals surface area contributed by atoms with Crippen LogP contribution < -0.4 is 4.74 Å². The van der Waals surface area contributed by atoms with Gasteiger partial charge in [-0.15, -0.1) is 0 Å². The molecule has 0 bridgehead atoms. The summed E-state index contributed by atoms with van der Waals surface area (Å²) in [6, 6.07) is 3.09. The summed E-state index contributed by atoms with van der Waals surface area (Å²) in [4.78, 5) is 11.1. The molecule has 2 aromatic heterocycles. The van der Waals surface area contributed by atoms with Gasteiger partial charge in [-0.05, 0) is 12.1 Å². The van der Waals surface area contributed by atoms with Gasteiger partial charge in [0, 0.05) is 13.1 Å². The van der Waals surface area contributed by atoms with Gasteiger partial charge in [0.2, 0.25) is 5.88 Å². The van der Waals surface area contributed by atoms with Gasteiger partial charge in [-0.1, -0.05) is 11.6 Å². The van der Waals surface area contributed by atoms with E-state index in [1.807, 2.05) is 0 Å². The van der Waals surface area contributed by atoms with E-state index in [-0.39, 0.29) is 16.6 Å². The maximum Gasteiger partial charge on any atom is 0.223 e. The van der Waals surface area contributed by atoms with Crippen molar-refractivity contribution in [3.05, 3.63) is 52.6 Å². The molecule has 0 aliphatic heterocycles. The summed E-state index contributed by atoms with van der Waals surface area (Å²) in [5.74, 6) is -2.70. The Hall–Kier alpha value is -2.72. The molecule has 0 radical (unpaired) electrons. The van der Waals surface area contributed by atoms with Crippen molar-refractivity contribution >= 4 is 28.5 Å². The standard InChI is InChI=1S/C14H7ClF2N4O/c1-18-7-3-9(16)13(10(17)4-7)22-11-5-8(15)12-14(20-11)21(2)6-19-12/h3-6H,2H3. The Morgan fingerprint density at radius 3 is 2.59 bits per heavy atom. The van der Waals surface area contributed by atoms with Crippen molar-refractivity contribution in [3.8, 4) is 11.6 Å². The molecule has 0 saturated carbocycles. The van der Waals surface area contributed by atoms with E-state index in [9.17, 15) is 8.78 Å². The van der Waals surface area contributed by atoms with Crippen LogP contribution in [0.5, 0.6) is 11.6 Å². The van der Waals surface area contributed by atoms with Crippen molar-refractivity contribution in [2.45, 2.75) is 0 Å². The van der Waals surface area contributed by atoms with E-state index in [4.69, 9.17) is 22.9 Å². The molecule has 0 fully saturated rings. The number of hydrogen-bond donors (Lipinski definition) is 0. The van der Waals surface area contributed by atoms with Crippen molar-refractivity contribution in [1.29, 1.82) is 0 Å². The zero-order chi connectivity index (χ0) is 15.9. The zero-order valence-electron chi connectivity index (χ0n) is 11.1. The maximum atomic E-state index is 13.8. The van der Waals surface area contributed by atoms with Crippen LogP contribution in [0.3, 0.4) is 0 Å². The average molecular weight is 321 g/mol. The van der Waals surface area contributed by atoms with Crippen LogP contribution in [0.1, 0.15) is 0 Å². The Morgan fingerprint density at radius 2 is 1.95 bits per heavy atom. The molecule has 3 rings (SSSR count). The number of imidazole rings is 1. The molecule has 0 N–H and O–H groups in total. The van der Waals surface area contributed by atoms with Gasteiger partial charge in [-0.25, -0.2) is 18.6 Å². The molecule has 0 aliphatic rings. The topological polar surface area (TPSA) is 44.3 Å². The molecular formula is C14H7ClF2N4O. The summed E-state index contributed by atoms with van der Waals surface area (Å²) < 4.78 is 34.4. The highest BCUT2D eigenvalue weighted by Crippen LogP contribution is 2.32. The second-order valence-electron chi connectivity index (χ2n) is 4.42. The summed E-state index contributed by atoms with van der Waals surface area (Å²) in [6.07, 6.45) is 1.51. The van der Waals surface area contributed by atoms with Gasteiger partial charge in [0.25, 0.3) is 0 Å². The van der Waals surface area contributed by atoms with E-state index >= 15 is 0 Å². The van der Waals surface area contributed by atoms with Crippen molar-refractivity contribution in [3.63, 3.8) is 0 Å². The minimum absolute atomic E-state index is 0.0746. The van der Waals surface area contributed by atoms with Crippen molar-refractivity contribution in [2.75, 3.05) is 0 Å². The van der Waals surface area contributed by atoms with Gasteiger partial charge < -0.3 is 9.30 Å². The first-order valence-electron chi connectivity index (χ1n) is 6.01. The summed E-state index contributed by atoms with van der Waals surface area (Å²) in [6.45, 7) is 6.76. The first kappa shape index (κ1) is 14.2. The highest BCUT2D eigenvalue weighted by atomic mass is 35.5. The average Bonchev–Trinajstić information content (AvgIpc) is 2.85. The van der Waals surface area contributed by atoms with Crippen LogP contribution in [0, 0.1) is 18.2 Å². The lowest BCUT2D eigenvalue weighted by Gasteiger charge is -2.08. The first-order valence-corrected chi connectivity index (χ1v) is 6.39. The van der Waals surface area contributed by atoms with E-state index in [0.717, 1.165) is 12.1 Å². The highest BCUT2D eigenvalue weighted by Gasteiger charge is 2.16. The van der Waals surface area contributed by atoms with Gasteiger partial charge in [-0.3, -0.25) is 0 Å². The molecule has 110 valence electrons. The fourth-order valence-electron chi connectivity index (χ4n) is 1.90. The van der Waals surface area contributed by atoms with Gasteiger partial charge in [-0.2, -0.15) is 4.98 Å². The molecule has 3 aromatic rings. The fourth-order valence-corrected chi connectivity index (χ4v) is 2.13. The SMILES string of the molecule is [C-]#[N+]c1cc(F)c(Oc2cc(Cl)c3ncn(C)c3n2)c(F)c1. The Balaban J connectivity index is 2.07. The predicted octanol–water partition coefficient (Wildman–Crippen LogP) is 4.24. The molecule has 0 atom stereocenters. The third-order valence-corrected chi connectivity index (χ3v) is 3.21. The summed E-state index contributed by atoms with van der Waals surface area (Å²) in [5.41, 5.74) is 0.720. The van der Waals surface area contributed by atoms with E-state index < -0.39 is 17.4 Å². The molecule has 0 saturated heterocycles. The summed E-state index contributed by atoms with van der Waals surface area (Å²) in [7, 11) is 1.70. The number of rotatable bonds is 2. The number of pyridine rings is 1. The third kappa shape index (κ3) is 2.34. The minimum atomic E-state index is -0.992. The highest BCUT2D eigenvalue weighted by molar-refractivity contribution is 6.34. The van der Waals surface area contributed by atoms with Gasteiger partial charge >= 0.3 is 0 Å². The smallest absolute Gasteiger partial charge is 0.223 e. The predicted molar refractivity (Wildman–Crippen MR) is 76.2 cm³/mol. The van der Waals surface area contributed by atoms with Crippen LogP contribution in [-0.4, -0.2) is 14.5 Å². The fraction of sp³-hybridized carbons (Fsp3) is 0.0714. The van der Waals surface area contributed by atoms with E-state index in [1.165, 1.54) is 12.4 Å². The Bertz CT molecular complexity index is 909. The van der Waals surface area contributed by atoms with Crippen LogP contribution in [0.25, 0.3) is 16.0 Å². The minimum Gasteiger partial charge on any atom is -0.433 e. The van der Waals surface area contributed by atoms with Crippen molar-refractivity contribution < 1.29 is 13.5 Å². The van der Waals surface area contributed by atoms with Gasteiger partial charge in [0.05, 0.1) is 17.9 Å². The first-order chi connectivity index (χ1) is 10.5. The van der Waals surface area contributed by atoms with Gasteiger partial charge in [0.1, 0.15) is 5.52 Å². The molecule has 8 heteroatoms. The maximum absolute atomic E-state index is 13.8. The molecule has 1 aromatic carbocycles. The largest absolute Gasteiger partial charge is 0.433 e. The molecule has 5 nitrogen and oxygen atoms in total. The number of fused-ring (bicyclic) bond motifs is 1. The summed E-state index contributed by atoms with van der Waals surface area (Å²) in [5, 5.41) is 0.249. The molecule has 2 heterocycles. The van der Waals surface area contributed by atoms with Crippen molar-refractivity contribution in [1.82, 2.24) is 14.5 Å². The number of halogens is 3. The lowest BCUT2D eigenvalue weighted by Crippen LogP contribution is -1.96. The number of ether oxygens (including phenoxy) is 1. The van der Waals surface area contributed by atoms with Crippen LogP contribution in [0.15, 0.2) is 24.5 Å². The molecule has 0 unspecified atom stereocenters. The van der Waals surface area contributed by atoms with E-state index in [2.05, 4.69) is 14.8 Å². The lowest BCUT2D eigenvalue weighted by atomic mass is 10.3. The Labute approximate surface area is 128 Å². The molecule has 22 heavy (non-hydrogen) atoms. The number of nitrogens with zero attached hydrogens (tertiary/aromatic N) is 4. The quantitative estimate of drug-likeness (QED) is 0.663. The number of aromatic nitrogens is 3. The van der Waals surface area contributed by atoms with E-state index in [1.54, 1.807) is 11.6 Å². The zero-order valence-corrected chi connectivity index (χ0v) is 11.9. The number of hydrogen-bond acceptors (Lipinski definition) is 3. The molecule has 0 spiro atoms. The Morgan fingerprint density at radius 1 is 1.27 bits per heavy atom. The molecule has 0 aliphatic carbocycles. The van der Waals surface area contributed by atoms with Crippen LogP contribution in [-0.2, 0) is 7.05 Å². The third-order valence-electron chi connectivity index (χ3n) is 2.92. The number of benzene rings is 1. The number of aryl methyl sites for hydroxylation is 1. The lowest BCUT2D eigenvalue weighted by molar-refractivity contribution is 0.397. The van der Waals surface area contributed by atoms with Gasteiger partial charge in [0.15, 0.2) is 28.7 Å². The second-order valence-corrected chi connectivity index (χ2v) is 4.83. The summed E-state index contributed by atoms with van der Waals surface area (Å²) >= 11 is 6.05. The van der Waals surface area contributed by atoms with Crippen LogP contribution >= 0.6 is 11.6 Å².